The maximum Gasteiger partial charge on any atom is 0.0603 e. The molecule has 1 fully saturated rings. The smallest absolute Gasteiger partial charge is 0.0603 e. The summed E-state index contributed by atoms with van der Waals surface area (Å²) in [5.74, 6) is 0. The molecule has 1 heterocycles. The SMILES string of the molecule is CCN1CCCN(S)C1. The Kier molecular flexibility index (Phi) is 2.82. The van der Waals surface area contributed by atoms with Gasteiger partial charge in [-0.3, -0.25) is 4.90 Å². The highest BCUT2D eigenvalue weighted by Crippen LogP contribution is 2.05. The Morgan fingerprint density at radius 1 is 1.44 bits per heavy atom. The molecule has 1 aliphatic rings. The summed E-state index contributed by atoms with van der Waals surface area (Å²) in [6.07, 6.45) is 1.26. The van der Waals surface area contributed by atoms with Gasteiger partial charge in [-0.15, -0.1) is 0 Å². The molecule has 3 heteroatoms. The van der Waals surface area contributed by atoms with Gasteiger partial charge in [-0.1, -0.05) is 19.7 Å². The number of thiol groups is 1. The van der Waals surface area contributed by atoms with Crippen LogP contribution in [0.2, 0.25) is 0 Å². The first-order chi connectivity index (χ1) is 4.33. The van der Waals surface area contributed by atoms with E-state index in [-0.39, 0.29) is 0 Å². The number of hydrogen-bond acceptors (Lipinski definition) is 3. The monoisotopic (exact) mass is 146 g/mol. The minimum atomic E-state index is 1.03. The van der Waals surface area contributed by atoms with Crippen LogP contribution in [0.15, 0.2) is 0 Å². The predicted octanol–water partition coefficient (Wildman–Crippen LogP) is 0.816. The molecule has 0 bridgehead atoms. The molecule has 0 amide bonds. The Balaban J connectivity index is 2.23. The lowest BCUT2D eigenvalue weighted by Crippen LogP contribution is -2.39. The second-order valence-corrected chi connectivity index (χ2v) is 3.00. The highest BCUT2D eigenvalue weighted by Gasteiger charge is 2.11. The summed E-state index contributed by atoms with van der Waals surface area (Å²) >= 11 is 4.27. The van der Waals surface area contributed by atoms with Crippen molar-refractivity contribution < 1.29 is 0 Å². The van der Waals surface area contributed by atoms with Crippen LogP contribution in [0, 0.1) is 0 Å². The quantitative estimate of drug-likeness (QED) is 0.547. The maximum atomic E-state index is 4.27. The molecule has 0 aromatic carbocycles. The van der Waals surface area contributed by atoms with Crippen molar-refractivity contribution in [1.29, 1.82) is 0 Å². The van der Waals surface area contributed by atoms with Crippen molar-refractivity contribution >= 4 is 12.8 Å². The minimum absolute atomic E-state index is 1.03. The van der Waals surface area contributed by atoms with Gasteiger partial charge in [0.1, 0.15) is 0 Å². The van der Waals surface area contributed by atoms with E-state index in [4.69, 9.17) is 0 Å². The van der Waals surface area contributed by atoms with Crippen molar-refractivity contribution in [2.75, 3.05) is 26.3 Å². The summed E-state index contributed by atoms with van der Waals surface area (Å²) in [7, 11) is 0. The lowest BCUT2D eigenvalue weighted by Gasteiger charge is -2.30. The summed E-state index contributed by atoms with van der Waals surface area (Å²) < 4.78 is 2.06. The average molecular weight is 146 g/mol. The Hall–Kier alpha value is 0.270. The van der Waals surface area contributed by atoms with Crippen molar-refractivity contribution in [3.05, 3.63) is 0 Å². The summed E-state index contributed by atoms with van der Waals surface area (Å²) in [5.41, 5.74) is 0. The zero-order chi connectivity index (χ0) is 6.69. The molecule has 1 rings (SSSR count). The third-order valence-electron chi connectivity index (χ3n) is 1.70. The summed E-state index contributed by atoms with van der Waals surface area (Å²) in [4.78, 5) is 2.39. The van der Waals surface area contributed by atoms with Crippen LogP contribution >= 0.6 is 12.8 Å². The van der Waals surface area contributed by atoms with E-state index in [0.29, 0.717) is 0 Å². The largest absolute Gasteiger partial charge is 0.290 e. The first kappa shape index (κ1) is 7.38. The van der Waals surface area contributed by atoms with E-state index in [1.165, 1.54) is 13.0 Å². The van der Waals surface area contributed by atoms with Gasteiger partial charge in [-0.2, -0.15) is 0 Å². The van der Waals surface area contributed by atoms with Crippen LogP contribution < -0.4 is 0 Å². The zero-order valence-corrected chi connectivity index (χ0v) is 6.77. The summed E-state index contributed by atoms with van der Waals surface area (Å²) in [6, 6.07) is 0. The van der Waals surface area contributed by atoms with Gasteiger partial charge in [0.25, 0.3) is 0 Å². The van der Waals surface area contributed by atoms with Crippen molar-refractivity contribution in [2.24, 2.45) is 0 Å². The first-order valence-electron chi connectivity index (χ1n) is 3.49. The summed E-state index contributed by atoms with van der Waals surface area (Å²) in [6.45, 7) is 6.75. The van der Waals surface area contributed by atoms with Crippen molar-refractivity contribution in [3.8, 4) is 0 Å². The maximum absolute atomic E-state index is 4.27. The van der Waals surface area contributed by atoms with Crippen LogP contribution in [0.25, 0.3) is 0 Å². The molecule has 0 aromatic heterocycles. The molecule has 0 aliphatic carbocycles. The molecular formula is C6H14N2S. The van der Waals surface area contributed by atoms with Crippen molar-refractivity contribution in [1.82, 2.24) is 9.21 Å². The van der Waals surface area contributed by atoms with E-state index >= 15 is 0 Å². The van der Waals surface area contributed by atoms with Gasteiger partial charge in [0.15, 0.2) is 0 Å². The van der Waals surface area contributed by atoms with E-state index in [1.807, 2.05) is 0 Å². The third-order valence-corrected chi connectivity index (χ3v) is 2.03. The molecule has 2 nitrogen and oxygen atoms in total. The topological polar surface area (TPSA) is 6.48 Å². The van der Waals surface area contributed by atoms with Crippen LogP contribution in [0.5, 0.6) is 0 Å². The normalized spacial score (nSPS) is 24.7. The van der Waals surface area contributed by atoms with Crippen molar-refractivity contribution in [3.63, 3.8) is 0 Å². The number of hydrogen-bond donors (Lipinski definition) is 1. The first-order valence-corrected chi connectivity index (χ1v) is 3.89. The van der Waals surface area contributed by atoms with E-state index < -0.39 is 0 Å². The second kappa shape index (κ2) is 3.44. The fourth-order valence-electron chi connectivity index (χ4n) is 1.11. The molecule has 0 aromatic rings. The lowest BCUT2D eigenvalue weighted by molar-refractivity contribution is 0.165. The number of rotatable bonds is 1. The van der Waals surface area contributed by atoms with E-state index in [2.05, 4.69) is 28.9 Å². The Morgan fingerprint density at radius 3 is 2.67 bits per heavy atom. The van der Waals surface area contributed by atoms with Gasteiger partial charge in [0.05, 0.1) is 6.67 Å². The summed E-state index contributed by atoms with van der Waals surface area (Å²) in [5, 5.41) is 0. The molecule has 0 unspecified atom stereocenters. The van der Waals surface area contributed by atoms with Crippen LogP contribution in [0.1, 0.15) is 13.3 Å². The highest BCUT2D eigenvalue weighted by molar-refractivity contribution is 7.77. The number of nitrogens with zero attached hydrogens (tertiary/aromatic N) is 2. The van der Waals surface area contributed by atoms with Gasteiger partial charge in [0, 0.05) is 13.1 Å². The lowest BCUT2D eigenvalue weighted by atomic mass is 10.3. The van der Waals surface area contributed by atoms with Gasteiger partial charge in [0.2, 0.25) is 0 Å². The molecule has 0 atom stereocenters. The Labute approximate surface area is 62.4 Å². The van der Waals surface area contributed by atoms with E-state index in [9.17, 15) is 0 Å². The predicted molar refractivity (Wildman–Crippen MR) is 42.4 cm³/mol. The van der Waals surface area contributed by atoms with Gasteiger partial charge in [-0.05, 0) is 13.0 Å². The fraction of sp³-hybridized carbons (Fsp3) is 1.00. The molecule has 0 radical (unpaired) electrons. The Morgan fingerprint density at radius 2 is 2.22 bits per heavy atom. The zero-order valence-electron chi connectivity index (χ0n) is 5.88. The van der Waals surface area contributed by atoms with Gasteiger partial charge >= 0.3 is 0 Å². The van der Waals surface area contributed by atoms with E-state index in [0.717, 1.165) is 19.8 Å². The molecule has 0 spiro atoms. The molecule has 1 saturated heterocycles. The molecular weight excluding hydrogens is 132 g/mol. The van der Waals surface area contributed by atoms with Crippen LogP contribution in [-0.4, -0.2) is 35.5 Å². The second-order valence-electron chi connectivity index (χ2n) is 2.44. The van der Waals surface area contributed by atoms with E-state index in [1.54, 1.807) is 0 Å². The fourth-order valence-corrected chi connectivity index (χ4v) is 1.43. The Bertz CT molecular complexity index is 87.1. The minimum Gasteiger partial charge on any atom is -0.290 e. The molecule has 9 heavy (non-hydrogen) atoms. The standard InChI is InChI=1S/C6H14N2S/c1-2-7-4-3-5-8(9)6-7/h9H,2-6H2,1H3. The van der Waals surface area contributed by atoms with Gasteiger partial charge in [-0.25, -0.2) is 4.31 Å². The van der Waals surface area contributed by atoms with Crippen LogP contribution in [-0.2, 0) is 0 Å². The highest BCUT2D eigenvalue weighted by atomic mass is 32.1. The van der Waals surface area contributed by atoms with Gasteiger partial charge < -0.3 is 0 Å². The molecule has 0 N–H and O–H groups in total. The molecule has 54 valence electrons. The molecule has 0 saturated carbocycles. The molecule has 1 aliphatic heterocycles. The van der Waals surface area contributed by atoms with Crippen molar-refractivity contribution in [2.45, 2.75) is 13.3 Å². The van der Waals surface area contributed by atoms with Crippen LogP contribution in [0.4, 0.5) is 0 Å². The van der Waals surface area contributed by atoms with Crippen LogP contribution in [0.3, 0.4) is 0 Å². The average Bonchev–Trinajstić information content (AvgIpc) is 1.88. The third kappa shape index (κ3) is 2.16.